The van der Waals surface area contributed by atoms with E-state index in [9.17, 15) is 14.4 Å². The van der Waals surface area contributed by atoms with Crippen molar-refractivity contribution in [3.63, 3.8) is 0 Å². The van der Waals surface area contributed by atoms with E-state index in [0.717, 1.165) is 16.3 Å². The lowest BCUT2D eigenvalue weighted by Crippen LogP contribution is -2.49. The number of benzene rings is 2. The van der Waals surface area contributed by atoms with E-state index in [1.54, 1.807) is 6.92 Å². The molecule has 1 unspecified atom stereocenters. The first-order chi connectivity index (χ1) is 14.5. The lowest BCUT2D eigenvalue weighted by atomic mass is 10.0. The maximum atomic E-state index is 12.4. The largest absolute Gasteiger partial charge is 0.379 e. The van der Waals surface area contributed by atoms with Gasteiger partial charge < -0.3 is 20.7 Å². The zero-order chi connectivity index (χ0) is 21.3. The Hall–Kier alpha value is -2.97. The van der Waals surface area contributed by atoms with E-state index in [1.807, 2.05) is 47.4 Å². The Kier molecular flexibility index (Phi) is 7.75. The van der Waals surface area contributed by atoms with E-state index in [1.165, 1.54) is 0 Å². The lowest BCUT2D eigenvalue weighted by Gasteiger charge is -2.25. The van der Waals surface area contributed by atoms with Crippen LogP contribution in [0.5, 0.6) is 0 Å². The van der Waals surface area contributed by atoms with Crippen molar-refractivity contribution in [2.75, 3.05) is 39.4 Å². The smallest absolute Gasteiger partial charge is 0.242 e. The summed E-state index contributed by atoms with van der Waals surface area (Å²) >= 11 is 0. The van der Waals surface area contributed by atoms with E-state index in [2.05, 4.69) is 16.0 Å². The highest BCUT2D eigenvalue weighted by Crippen LogP contribution is 2.18. The number of morpholine rings is 1. The van der Waals surface area contributed by atoms with E-state index in [0.29, 0.717) is 32.8 Å². The number of hydrogen-bond acceptors (Lipinski definition) is 5. The Labute approximate surface area is 175 Å². The first kappa shape index (κ1) is 21.7. The SMILES string of the molecule is CC(NC(=O)CNC(=O)CN1CCOCC1)C(=O)NCc1cccc2ccccc12. The minimum atomic E-state index is -0.705. The Morgan fingerprint density at radius 3 is 2.53 bits per heavy atom. The molecule has 8 heteroatoms. The summed E-state index contributed by atoms with van der Waals surface area (Å²) in [6.45, 7) is 4.68. The van der Waals surface area contributed by atoms with Gasteiger partial charge in [0, 0.05) is 19.6 Å². The normalized spacial score (nSPS) is 15.4. The second-order valence-corrected chi connectivity index (χ2v) is 7.31. The zero-order valence-electron chi connectivity index (χ0n) is 17.1. The van der Waals surface area contributed by atoms with Gasteiger partial charge in [0.2, 0.25) is 17.7 Å². The molecule has 1 saturated heterocycles. The van der Waals surface area contributed by atoms with E-state index < -0.39 is 11.9 Å². The predicted molar refractivity (Wildman–Crippen MR) is 114 cm³/mol. The molecule has 0 bridgehead atoms. The van der Waals surface area contributed by atoms with Gasteiger partial charge in [-0.25, -0.2) is 0 Å². The molecule has 0 radical (unpaired) electrons. The molecule has 1 fully saturated rings. The van der Waals surface area contributed by atoms with Gasteiger partial charge in [-0.15, -0.1) is 0 Å². The van der Waals surface area contributed by atoms with Crippen LogP contribution in [0.4, 0.5) is 0 Å². The van der Waals surface area contributed by atoms with Crippen LogP contribution in [0.2, 0.25) is 0 Å². The molecular formula is C22H28N4O4. The van der Waals surface area contributed by atoms with Gasteiger partial charge in [-0.2, -0.15) is 0 Å². The van der Waals surface area contributed by atoms with Gasteiger partial charge in [0.25, 0.3) is 0 Å². The molecule has 8 nitrogen and oxygen atoms in total. The Bertz CT molecular complexity index is 890. The molecule has 2 aromatic carbocycles. The van der Waals surface area contributed by atoms with Crippen molar-refractivity contribution in [3.8, 4) is 0 Å². The lowest BCUT2D eigenvalue weighted by molar-refractivity contribution is -0.130. The highest BCUT2D eigenvalue weighted by Gasteiger charge is 2.17. The van der Waals surface area contributed by atoms with Crippen LogP contribution in [0.1, 0.15) is 12.5 Å². The number of nitrogens with one attached hydrogen (secondary N) is 3. The number of carbonyl (C=O) groups excluding carboxylic acids is 3. The van der Waals surface area contributed by atoms with Crippen LogP contribution in [0.25, 0.3) is 10.8 Å². The molecule has 0 saturated carbocycles. The van der Waals surface area contributed by atoms with Crippen molar-refractivity contribution >= 4 is 28.5 Å². The fourth-order valence-corrected chi connectivity index (χ4v) is 3.34. The number of hydrogen-bond donors (Lipinski definition) is 3. The third-order valence-corrected chi connectivity index (χ3v) is 5.02. The molecule has 0 aliphatic carbocycles. The van der Waals surface area contributed by atoms with E-state index in [4.69, 9.17) is 4.74 Å². The summed E-state index contributed by atoms with van der Waals surface area (Å²) in [5.74, 6) is -0.908. The van der Waals surface area contributed by atoms with Crippen LogP contribution in [0.15, 0.2) is 42.5 Å². The molecule has 30 heavy (non-hydrogen) atoms. The second-order valence-electron chi connectivity index (χ2n) is 7.31. The van der Waals surface area contributed by atoms with Crippen molar-refractivity contribution in [1.82, 2.24) is 20.9 Å². The summed E-state index contributed by atoms with van der Waals surface area (Å²) < 4.78 is 5.24. The number of ether oxygens (including phenoxy) is 1. The Morgan fingerprint density at radius 2 is 1.73 bits per heavy atom. The minimum absolute atomic E-state index is 0.163. The van der Waals surface area contributed by atoms with Crippen molar-refractivity contribution in [1.29, 1.82) is 0 Å². The predicted octanol–water partition coefficient (Wildman–Crippen LogP) is 0.409. The van der Waals surface area contributed by atoms with Crippen molar-refractivity contribution < 1.29 is 19.1 Å². The van der Waals surface area contributed by atoms with Gasteiger partial charge in [-0.05, 0) is 23.3 Å². The molecule has 1 atom stereocenters. The molecular weight excluding hydrogens is 384 g/mol. The third kappa shape index (κ3) is 6.27. The number of fused-ring (bicyclic) bond motifs is 1. The van der Waals surface area contributed by atoms with Crippen LogP contribution >= 0.6 is 0 Å². The minimum Gasteiger partial charge on any atom is -0.379 e. The van der Waals surface area contributed by atoms with Gasteiger partial charge in [-0.1, -0.05) is 42.5 Å². The number of rotatable bonds is 8. The monoisotopic (exact) mass is 412 g/mol. The molecule has 1 aliphatic rings. The fourth-order valence-electron chi connectivity index (χ4n) is 3.34. The van der Waals surface area contributed by atoms with Crippen LogP contribution < -0.4 is 16.0 Å². The molecule has 0 spiro atoms. The summed E-state index contributed by atoms with van der Waals surface area (Å²) in [6, 6.07) is 13.2. The first-order valence-corrected chi connectivity index (χ1v) is 10.1. The fraction of sp³-hybridized carbons (Fsp3) is 0.409. The molecule has 1 aliphatic heterocycles. The summed E-state index contributed by atoms with van der Waals surface area (Å²) in [7, 11) is 0. The Balaban J connectivity index is 1.40. The summed E-state index contributed by atoms with van der Waals surface area (Å²) in [4.78, 5) is 38.3. The van der Waals surface area contributed by atoms with Gasteiger partial charge in [0.15, 0.2) is 0 Å². The molecule has 160 valence electrons. The van der Waals surface area contributed by atoms with Gasteiger partial charge in [0.1, 0.15) is 6.04 Å². The third-order valence-electron chi connectivity index (χ3n) is 5.02. The summed E-state index contributed by atoms with van der Waals surface area (Å²) in [6.07, 6.45) is 0. The molecule has 1 heterocycles. The summed E-state index contributed by atoms with van der Waals surface area (Å²) in [5, 5.41) is 10.2. The average Bonchev–Trinajstić information content (AvgIpc) is 2.76. The van der Waals surface area contributed by atoms with Gasteiger partial charge >= 0.3 is 0 Å². The number of nitrogens with zero attached hydrogens (tertiary/aromatic N) is 1. The number of amides is 3. The molecule has 0 aromatic heterocycles. The second kappa shape index (κ2) is 10.7. The van der Waals surface area contributed by atoms with Gasteiger partial charge in [0.05, 0.1) is 26.3 Å². The highest BCUT2D eigenvalue weighted by atomic mass is 16.5. The van der Waals surface area contributed by atoms with Crippen LogP contribution in [0.3, 0.4) is 0 Å². The van der Waals surface area contributed by atoms with E-state index >= 15 is 0 Å². The number of carbonyl (C=O) groups is 3. The zero-order valence-corrected chi connectivity index (χ0v) is 17.1. The summed E-state index contributed by atoms with van der Waals surface area (Å²) in [5.41, 5.74) is 1.01. The Morgan fingerprint density at radius 1 is 1.00 bits per heavy atom. The topological polar surface area (TPSA) is 99.8 Å². The maximum absolute atomic E-state index is 12.4. The van der Waals surface area contributed by atoms with Crippen LogP contribution in [-0.2, 0) is 25.7 Å². The van der Waals surface area contributed by atoms with Crippen LogP contribution in [0, 0.1) is 0 Å². The van der Waals surface area contributed by atoms with Crippen LogP contribution in [-0.4, -0.2) is 68.1 Å². The first-order valence-electron chi connectivity index (χ1n) is 10.1. The molecule has 2 aromatic rings. The maximum Gasteiger partial charge on any atom is 0.242 e. The molecule has 3 rings (SSSR count). The van der Waals surface area contributed by atoms with Crippen molar-refractivity contribution in [2.45, 2.75) is 19.5 Å². The van der Waals surface area contributed by atoms with Crippen molar-refractivity contribution in [2.24, 2.45) is 0 Å². The highest BCUT2D eigenvalue weighted by molar-refractivity contribution is 5.90. The quantitative estimate of drug-likeness (QED) is 0.583. The molecule has 3 N–H and O–H groups in total. The van der Waals surface area contributed by atoms with Crippen molar-refractivity contribution in [3.05, 3.63) is 48.0 Å². The average molecular weight is 412 g/mol. The standard InChI is InChI=1S/C22H28N4O4/c1-16(25-20(27)14-23-21(28)15-26-9-11-30-12-10-26)22(29)24-13-18-7-4-6-17-5-2-3-8-19(17)18/h2-8,16H,9-15H2,1H3,(H,23,28)(H,24,29)(H,25,27). The molecule has 3 amide bonds. The van der Waals surface area contributed by atoms with Gasteiger partial charge in [-0.3, -0.25) is 19.3 Å². The van der Waals surface area contributed by atoms with E-state index in [-0.39, 0.29) is 24.9 Å².